The largest absolute Gasteiger partial charge is 0.364 e. The molecule has 0 N–H and O–H groups in total. The van der Waals surface area contributed by atoms with Gasteiger partial charge in [-0.2, -0.15) is 0 Å². The van der Waals surface area contributed by atoms with Gasteiger partial charge in [0.25, 0.3) is 11.8 Å². The highest BCUT2D eigenvalue weighted by molar-refractivity contribution is 6.35. The van der Waals surface area contributed by atoms with Crippen molar-refractivity contribution >= 4 is 17.4 Å². The minimum absolute atomic E-state index is 0.143. The first-order valence-electron chi connectivity index (χ1n) is 8.53. The lowest BCUT2D eigenvalue weighted by atomic mass is 10.0. The first-order chi connectivity index (χ1) is 11.4. The van der Waals surface area contributed by atoms with E-state index in [1.165, 1.54) is 4.90 Å². The third-order valence-electron chi connectivity index (χ3n) is 4.77. The predicted molar refractivity (Wildman–Crippen MR) is 94.2 cm³/mol. The number of likely N-dealkylation sites (N-methyl/N-ethyl adjacent to an activating group) is 1. The summed E-state index contributed by atoms with van der Waals surface area (Å²) in [5.41, 5.74) is 3.10. The molecule has 5 heteroatoms. The van der Waals surface area contributed by atoms with E-state index in [-0.39, 0.29) is 17.9 Å². The zero-order valence-electron chi connectivity index (χ0n) is 14.9. The van der Waals surface area contributed by atoms with Gasteiger partial charge in [0.1, 0.15) is 5.70 Å². The SMILES string of the molecule is Cc1ccc(C2=C(N3CCN(C)CC3)C(=O)N(C(C)C)C2=O)cc1. The van der Waals surface area contributed by atoms with Gasteiger partial charge in [0.2, 0.25) is 0 Å². The highest BCUT2D eigenvalue weighted by atomic mass is 16.2. The minimum atomic E-state index is -0.173. The Morgan fingerprint density at radius 2 is 1.50 bits per heavy atom. The van der Waals surface area contributed by atoms with Crippen LogP contribution in [0.25, 0.3) is 5.57 Å². The van der Waals surface area contributed by atoms with Crippen LogP contribution < -0.4 is 0 Å². The Morgan fingerprint density at radius 1 is 0.917 bits per heavy atom. The first kappa shape index (κ1) is 16.7. The fraction of sp³-hybridized carbons (Fsp3) is 0.474. The number of carbonyl (C=O) groups is 2. The molecule has 0 spiro atoms. The lowest BCUT2D eigenvalue weighted by Crippen LogP contribution is -2.46. The number of hydrogen-bond donors (Lipinski definition) is 0. The van der Waals surface area contributed by atoms with Gasteiger partial charge in [-0.3, -0.25) is 14.5 Å². The van der Waals surface area contributed by atoms with Gasteiger partial charge >= 0.3 is 0 Å². The molecule has 0 bridgehead atoms. The van der Waals surface area contributed by atoms with Crippen LogP contribution in [0, 0.1) is 6.92 Å². The number of aryl methyl sites for hydroxylation is 1. The Bertz CT molecular complexity index is 683. The van der Waals surface area contributed by atoms with E-state index >= 15 is 0 Å². The van der Waals surface area contributed by atoms with E-state index in [2.05, 4.69) is 16.8 Å². The number of piperazine rings is 1. The molecule has 0 aromatic heterocycles. The maximum absolute atomic E-state index is 13.0. The molecule has 0 aliphatic carbocycles. The van der Waals surface area contributed by atoms with Crippen molar-refractivity contribution in [3.05, 3.63) is 41.1 Å². The van der Waals surface area contributed by atoms with Gasteiger partial charge in [-0.25, -0.2) is 0 Å². The lowest BCUT2D eigenvalue weighted by Gasteiger charge is -2.34. The number of nitrogens with zero attached hydrogens (tertiary/aromatic N) is 3. The summed E-state index contributed by atoms with van der Waals surface area (Å²) in [5, 5.41) is 0. The molecule has 0 saturated carbocycles. The Kier molecular flexibility index (Phi) is 4.45. The van der Waals surface area contributed by atoms with E-state index in [9.17, 15) is 9.59 Å². The quantitative estimate of drug-likeness (QED) is 0.793. The van der Waals surface area contributed by atoms with Crippen LogP contribution in [0.2, 0.25) is 0 Å². The highest BCUT2D eigenvalue weighted by Gasteiger charge is 2.43. The van der Waals surface area contributed by atoms with Gasteiger partial charge in [0, 0.05) is 32.2 Å². The number of rotatable bonds is 3. The van der Waals surface area contributed by atoms with Crippen molar-refractivity contribution in [1.82, 2.24) is 14.7 Å². The summed E-state index contributed by atoms with van der Waals surface area (Å²) in [6.07, 6.45) is 0. The van der Waals surface area contributed by atoms with Crippen molar-refractivity contribution in [3.8, 4) is 0 Å². The van der Waals surface area contributed by atoms with Gasteiger partial charge in [-0.15, -0.1) is 0 Å². The molecule has 0 atom stereocenters. The van der Waals surface area contributed by atoms with Gasteiger partial charge in [0.15, 0.2) is 0 Å². The van der Waals surface area contributed by atoms with Crippen LogP contribution in [-0.4, -0.2) is 65.8 Å². The molecule has 24 heavy (non-hydrogen) atoms. The summed E-state index contributed by atoms with van der Waals surface area (Å²) < 4.78 is 0. The zero-order valence-corrected chi connectivity index (χ0v) is 14.9. The molecule has 2 heterocycles. The van der Waals surface area contributed by atoms with Crippen LogP contribution in [-0.2, 0) is 9.59 Å². The average molecular weight is 327 g/mol. The molecular formula is C19H25N3O2. The Labute approximate surface area is 143 Å². The topological polar surface area (TPSA) is 43.9 Å². The molecule has 128 valence electrons. The van der Waals surface area contributed by atoms with Crippen molar-refractivity contribution in [2.75, 3.05) is 33.2 Å². The normalized spacial score (nSPS) is 19.9. The average Bonchev–Trinajstić information content (AvgIpc) is 2.80. The van der Waals surface area contributed by atoms with Crippen molar-refractivity contribution in [2.24, 2.45) is 0 Å². The number of benzene rings is 1. The molecule has 2 aliphatic heterocycles. The summed E-state index contributed by atoms with van der Waals surface area (Å²) in [5.74, 6) is -0.331. The standard InChI is InChI=1S/C19H25N3O2/c1-13(2)22-18(23)16(15-7-5-14(3)6-8-15)17(19(22)24)21-11-9-20(4)10-12-21/h5-8,13H,9-12H2,1-4H3. The minimum Gasteiger partial charge on any atom is -0.364 e. The molecule has 2 amide bonds. The van der Waals surface area contributed by atoms with Crippen LogP contribution in [0.3, 0.4) is 0 Å². The van der Waals surface area contributed by atoms with E-state index in [0.717, 1.165) is 37.3 Å². The number of imide groups is 1. The van der Waals surface area contributed by atoms with E-state index < -0.39 is 0 Å². The third kappa shape index (κ3) is 2.84. The second kappa shape index (κ2) is 6.40. The summed E-state index contributed by atoms with van der Waals surface area (Å²) >= 11 is 0. The number of amides is 2. The number of carbonyl (C=O) groups excluding carboxylic acids is 2. The lowest BCUT2D eigenvalue weighted by molar-refractivity contribution is -0.139. The zero-order chi connectivity index (χ0) is 17.4. The summed E-state index contributed by atoms with van der Waals surface area (Å²) in [4.78, 5) is 31.7. The Hall–Kier alpha value is -2.14. The molecular weight excluding hydrogens is 302 g/mol. The Morgan fingerprint density at radius 3 is 2.04 bits per heavy atom. The van der Waals surface area contributed by atoms with Crippen LogP contribution in [0.5, 0.6) is 0 Å². The van der Waals surface area contributed by atoms with E-state index in [4.69, 9.17) is 0 Å². The molecule has 1 aromatic carbocycles. The van der Waals surface area contributed by atoms with Crippen LogP contribution in [0.4, 0.5) is 0 Å². The van der Waals surface area contributed by atoms with Crippen molar-refractivity contribution in [2.45, 2.75) is 26.8 Å². The first-order valence-corrected chi connectivity index (χ1v) is 8.53. The van der Waals surface area contributed by atoms with Crippen molar-refractivity contribution in [3.63, 3.8) is 0 Å². The molecule has 2 aliphatic rings. The van der Waals surface area contributed by atoms with Crippen LogP contribution in [0.1, 0.15) is 25.0 Å². The smallest absolute Gasteiger partial charge is 0.278 e. The van der Waals surface area contributed by atoms with Crippen molar-refractivity contribution < 1.29 is 9.59 Å². The summed E-state index contributed by atoms with van der Waals surface area (Å²) in [6.45, 7) is 9.12. The molecule has 1 aromatic rings. The fourth-order valence-corrected chi connectivity index (χ4v) is 3.31. The fourth-order valence-electron chi connectivity index (χ4n) is 3.31. The molecule has 1 fully saturated rings. The van der Waals surface area contributed by atoms with Crippen LogP contribution >= 0.6 is 0 Å². The Balaban J connectivity index is 2.07. The van der Waals surface area contributed by atoms with Crippen LogP contribution in [0.15, 0.2) is 30.0 Å². The second-order valence-electron chi connectivity index (χ2n) is 6.95. The van der Waals surface area contributed by atoms with Gasteiger partial charge in [0.05, 0.1) is 5.57 Å². The highest BCUT2D eigenvalue weighted by Crippen LogP contribution is 2.33. The maximum Gasteiger partial charge on any atom is 0.278 e. The molecule has 3 rings (SSSR count). The van der Waals surface area contributed by atoms with Gasteiger partial charge in [-0.05, 0) is 33.4 Å². The molecule has 5 nitrogen and oxygen atoms in total. The van der Waals surface area contributed by atoms with Gasteiger partial charge in [-0.1, -0.05) is 29.8 Å². The molecule has 0 unspecified atom stereocenters. The second-order valence-corrected chi connectivity index (χ2v) is 6.95. The third-order valence-corrected chi connectivity index (χ3v) is 4.77. The maximum atomic E-state index is 13.0. The van der Waals surface area contributed by atoms with Gasteiger partial charge < -0.3 is 9.80 Å². The summed E-state index contributed by atoms with van der Waals surface area (Å²) in [7, 11) is 2.08. The van der Waals surface area contributed by atoms with Crippen molar-refractivity contribution in [1.29, 1.82) is 0 Å². The van der Waals surface area contributed by atoms with E-state index in [0.29, 0.717) is 11.3 Å². The predicted octanol–water partition coefficient (Wildman–Crippen LogP) is 1.73. The summed E-state index contributed by atoms with van der Waals surface area (Å²) in [6, 6.07) is 7.71. The van der Waals surface area contributed by atoms with E-state index in [1.807, 2.05) is 45.0 Å². The molecule has 1 saturated heterocycles. The monoisotopic (exact) mass is 327 g/mol. The number of hydrogen-bond acceptors (Lipinski definition) is 4. The molecule has 0 radical (unpaired) electrons. The van der Waals surface area contributed by atoms with E-state index in [1.54, 1.807) is 0 Å².